The Kier molecular flexibility index (Phi) is 4.74. The molecule has 0 bridgehead atoms. The molecule has 0 saturated heterocycles. The summed E-state index contributed by atoms with van der Waals surface area (Å²) in [4.78, 5) is 7.27. The van der Waals surface area contributed by atoms with Crippen LogP contribution in [0.2, 0.25) is 0 Å². The summed E-state index contributed by atoms with van der Waals surface area (Å²) in [6.45, 7) is 5.09. The fourth-order valence-corrected chi connectivity index (χ4v) is 6.11. The molecule has 2 aliphatic rings. The van der Waals surface area contributed by atoms with Crippen molar-refractivity contribution < 1.29 is 0 Å². The molecule has 0 radical (unpaired) electrons. The maximum atomic E-state index is 5.04. The standard InChI is InChI=1S/C36H25N3/c1-24-11-3-2-10-20-37-36-30-16-7-6-14-28(30)31-22-32-29-15-8-9-17-33(29)39(35(32)23-34(31)38(24)36)27-19-18-25-12-4-5-13-26(25)21-27/h2-19,21-23H,1,20H2/b10-2-,11-3-,37-36-. The molecule has 0 spiro atoms. The molecule has 0 aliphatic carbocycles. The van der Waals surface area contributed by atoms with E-state index in [9.17, 15) is 0 Å². The van der Waals surface area contributed by atoms with Gasteiger partial charge in [-0.1, -0.05) is 97.6 Å². The van der Waals surface area contributed by atoms with Gasteiger partial charge in [0.25, 0.3) is 0 Å². The average molecular weight is 500 g/mol. The number of nitrogens with zero attached hydrogens (tertiary/aromatic N) is 3. The van der Waals surface area contributed by atoms with Crippen molar-refractivity contribution in [2.75, 3.05) is 11.4 Å². The van der Waals surface area contributed by atoms with Crippen LogP contribution in [-0.4, -0.2) is 16.9 Å². The zero-order chi connectivity index (χ0) is 25.9. The van der Waals surface area contributed by atoms with Crippen LogP contribution in [-0.2, 0) is 0 Å². The third-order valence-corrected chi connectivity index (χ3v) is 7.86. The highest BCUT2D eigenvalue weighted by atomic mass is 15.2. The van der Waals surface area contributed by atoms with Gasteiger partial charge in [0.15, 0.2) is 0 Å². The Morgan fingerprint density at radius 3 is 2.36 bits per heavy atom. The summed E-state index contributed by atoms with van der Waals surface area (Å²) < 4.78 is 2.39. The predicted molar refractivity (Wildman–Crippen MR) is 165 cm³/mol. The summed E-state index contributed by atoms with van der Waals surface area (Å²) in [5, 5.41) is 4.95. The summed E-state index contributed by atoms with van der Waals surface area (Å²) in [7, 11) is 0. The van der Waals surface area contributed by atoms with E-state index >= 15 is 0 Å². The zero-order valence-corrected chi connectivity index (χ0v) is 21.4. The summed E-state index contributed by atoms with van der Waals surface area (Å²) in [5.74, 6) is 0.937. The van der Waals surface area contributed by atoms with E-state index in [-0.39, 0.29) is 0 Å². The van der Waals surface area contributed by atoms with E-state index in [0.717, 1.165) is 28.5 Å². The third kappa shape index (κ3) is 3.27. The quantitative estimate of drug-likeness (QED) is 0.221. The van der Waals surface area contributed by atoms with E-state index in [1.54, 1.807) is 0 Å². The van der Waals surface area contributed by atoms with Crippen LogP contribution in [0.4, 0.5) is 5.69 Å². The highest BCUT2D eigenvalue weighted by Crippen LogP contribution is 2.46. The van der Waals surface area contributed by atoms with Gasteiger partial charge in [-0.05, 0) is 52.7 Å². The molecule has 184 valence electrons. The van der Waals surface area contributed by atoms with Gasteiger partial charge in [-0.3, -0.25) is 9.89 Å². The fourth-order valence-electron chi connectivity index (χ4n) is 6.11. The number of hydrogen-bond donors (Lipinski definition) is 0. The molecule has 39 heavy (non-hydrogen) atoms. The van der Waals surface area contributed by atoms with Crippen molar-refractivity contribution in [1.82, 2.24) is 4.57 Å². The molecule has 6 aromatic rings. The number of fused-ring (bicyclic) bond motifs is 10. The van der Waals surface area contributed by atoms with E-state index < -0.39 is 0 Å². The molecule has 0 atom stereocenters. The lowest BCUT2D eigenvalue weighted by Gasteiger charge is -2.34. The molecular weight excluding hydrogens is 474 g/mol. The van der Waals surface area contributed by atoms with E-state index in [0.29, 0.717) is 6.54 Å². The van der Waals surface area contributed by atoms with Crippen LogP contribution in [0.1, 0.15) is 5.56 Å². The molecule has 3 heteroatoms. The Morgan fingerprint density at radius 1 is 0.641 bits per heavy atom. The van der Waals surface area contributed by atoms with Crippen LogP contribution in [0, 0.1) is 0 Å². The number of aromatic nitrogens is 1. The molecule has 8 rings (SSSR count). The minimum atomic E-state index is 0.618. The lowest BCUT2D eigenvalue weighted by atomic mass is 9.90. The van der Waals surface area contributed by atoms with E-state index in [1.165, 1.54) is 43.7 Å². The Labute approximate surface area is 227 Å². The molecule has 3 nitrogen and oxygen atoms in total. The average Bonchev–Trinajstić information content (AvgIpc) is 3.34. The van der Waals surface area contributed by atoms with Gasteiger partial charge >= 0.3 is 0 Å². The highest BCUT2D eigenvalue weighted by Gasteiger charge is 2.30. The molecule has 3 heterocycles. The van der Waals surface area contributed by atoms with Gasteiger partial charge in [0.1, 0.15) is 5.84 Å². The second-order valence-corrected chi connectivity index (χ2v) is 10.1. The summed E-state index contributed by atoms with van der Waals surface area (Å²) >= 11 is 0. The number of anilines is 1. The first kappa shape index (κ1) is 21.9. The Balaban J connectivity index is 1.49. The maximum Gasteiger partial charge on any atom is 0.141 e. The number of aliphatic imine (C=N–C) groups is 1. The van der Waals surface area contributed by atoms with Gasteiger partial charge in [0.2, 0.25) is 0 Å². The van der Waals surface area contributed by atoms with Gasteiger partial charge in [-0.2, -0.15) is 0 Å². The first-order chi connectivity index (χ1) is 19.3. The van der Waals surface area contributed by atoms with E-state index in [4.69, 9.17) is 4.99 Å². The second kappa shape index (κ2) is 8.44. The number of para-hydroxylation sites is 1. The zero-order valence-electron chi connectivity index (χ0n) is 21.4. The number of benzene rings is 5. The van der Waals surface area contributed by atoms with Crippen molar-refractivity contribution in [3.63, 3.8) is 0 Å². The number of rotatable bonds is 1. The molecular formula is C36H25N3. The lowest BCUT2D eigenvalue weighted by Crippen LogP contribution is -2.34. The molecule has 0 unspecified atom stereocenters. The SMILES string of the molecule is C=C1/C=C\C=C/C/N=C2/c3ccccc3-c3cc4c5ccccc5n(-c5ccc6ccccc6c5)c4cc3N12. The van der Waals surface area contributed by atoms with Crippen molar-refractivity contribution in [2.45, 2.75) is 0 Å². The summed E-state index contributed by atoms with van der Waals surface area (Å²) in [5.41, 5.74) is 9.03. The Morgan fingerprint density at radius 2 is 1.44 bits per heavy atom. The molecule has 2 aliphatic heterocycles. The fraction of sp³-hybridized carbons (Fsp3) is 0.0278. The third-order valence-electron chi connectivity index (χ3n) is 7.86. The minimum absolute atomic E-state index is 0.618. The number of allylic oxidation sites excluding steroid dienone is 3. The van der Waals surface area contributed by atoms with Crippen molar-refractivity contribution in [3.8, 4) is 16.8 Å². The molecule has 1 aromatic heterocycles. The molecule has 0 N–H and O–H groups in total. The first-order valence-corrected chi connectivity index (χ1v) is 13.3. The summed E-state index contributed by atoms with van der Waals surface area (Å²) in [6, 6.07) is 37.3. The van der Waals surface area contributed by atoms with Crippen LogP contribution in [0.15, 0.2) is 145 Å². The van der Waals surface area contributed by atoms with Gasteiger partial charge in [-0.25, -0.2) is 0 Å². The van der Waals surface area contributed by atoms with E-state index in [2.05, 4.69) is 131 Å². The van der Waals surface area contributed by atoms with Crippen LogP contribution >= 0.6 is 0 Å². The van der Waals surface area contributed by atoms with Crippen molar-refractivity contribution in [1.29, 1.82) is 0 Å². The first-order valence-electron chi connectivity index (χ1n) is 13.3. The Bertz CT molecular complexity index is 2070. The van der Waals surface area contributed by atoms with Crippen LogP contribution < -0.4 is 4.90 Å². The van der Waals surface area contributed by atoms with Crippen molar-refractivity contribution >= 4 is 44.1 Å². The second-order valence-electron chi connectivity index (χ2n) is 10.1. The van der Waals surface area contributed by atoms with Crippen molar-refractivity contribution in [2.24, 2.45) is 4.99 Å². The van der Waals surface area contributed by atoms with Crippen LogP contribution in [0.5, 0.6) is 0 Å². The smallest absolute Gasteiger partial charge is 0.141 e. The van der Waals surface area contributed by atoms with Gasteiger partial charge in [0.05, 0.1) is 23.3 Å². The van der Waals surface area contributed by atoms with Gasteiger partial charge in [0, 0.05) is 33.3 Å². The number of amidine groups is 1. The minimum Gasteiger partial charge on any atom is -0.309 e. The van der Waals surface area contributed by atoms with Crippen molar-refractivity contribution in [3.05, 3.63) is 145 Å². The molecule has 0 fully saturated rings. The lowest BCUT2D eigenvalue weighted by molar-refractivity contribution is 1.16. The van der Waals surface area contributed by atoms with Crippen LogP contribution in [0.3, 0.4) is 0 Å². The van der Waals surface area contributed by atoms with Gasteiger partial charge < -0.3 is 4.57 Å². The molecule has 0 amide bonds. The largest absolute Gasteiger partial charge is 0.309 e. The topological polar surface area (TPSA) is 20.5 Å². The predicted octanol–water partition coefficient (Wildman–Crippen LogP) is 8.81. The summed E-state index contributed by atoms with van der Waals surface area (Å²) in [6.07, 6.45) is 8.24. The maximum absolute atomic E-state index is 5.04. The Hall–Kier alpha value is -5.15. The molecule has 5 aromatic carbocycles. The van der Waals surface area contributed by atoms with E-state index in [1.807, 2.05) is 12.2 Å². The van der Waals surface area contributed by atoms with Crippen LogP contribution in [0.25, 0.3) is 49.4 Å². The normalized spacial score (nSPS) is 17.5. The highest BCUT2D eigenvalue weighted by molar-refractivity contribution is 6.23. The number of hydrogen-bond acceptors (Lipinski definition) is 2. The monoisotopic (exact) mass is 499 g/mol. The molecule has 0 saturated carbocycles. The van der Waals surface area contributed by atoms with Gasteiger partial charge in [-0.15, -0.1) is 0 Å².